The lowest BCUT2D eigenvalue weighted by atomic mass is 9.63. The summed E-state index contributed by atoms with van der Waals surface area (Å²) < 4.78 is 4.85. The molecule has 0 spiro atoms. The van der Waals surface area contributed by atoms with Crippen LogP contribution in [-0.4, -0.2) is 18.9 Å². The number of rotatable bonds is 2. The van der Waals surface area contributed by atoms with E-state index in [1.807, 2.05) is 6.92 Å². The third-order valence-electron chi connectivity index (χ3n) is 4.64. The molecule has 0 aromatic heterocycles. The highest BCUT2D eigenvalue weighted by atomic mass is 16.5. The number of esters is 1. The molecule has 2 aliphatic carbocycles. The van der Waals surface area contributed by atoms with Gasteiger partial charge in [0.25, 0.3) is 0 Å². The van der Waals surface area contributed by atoms with Crippen molar-refractivity contribution in [2.75, 3.05) is 7.11 Å². The first-order valence-corrected chi connectivity index (χ1v) is 6.82. The van der Waals surface area contributed by atoms with Gasteiger partial charge in [-0.2, -0.15) is 0 Å². The van der Waals surface area contributed by atoms with Crippen LogP contribution in [0.5, 0.6) is 0 Å². The predicted molar refractivity (Wildman–Crippen MR) is 68.9 cm³/mol. The summed E-state index contributed by atoms with van der Waals surface area (Å²) in [5, 5.41) is 0. The highest BCUT2D eigenvalue weighted by Gasteiger charge is 2.42. The molecule has 1 fully saturated rings. The summed E-state index contributed by atoms with van der Waals surface area (Å²) in [6.07, 6.45) is 5.65. The van der Waals surface area contributed by atoms with Crippen molar-refractivity contribution in [2.45, 2.75) is 39.5 Å². The Kier molecular flexibility index (Phi) is 3.88. The number of Topliss-reactive ketones (excluding diaryl/α,β-unsaturated/α-hetero) is 1. The van der Waals surface area contributed by atoms with Gasteiger partial charge in [-0.3, -0.25) is 9.59 Å². The fraction of sp³-hybridized carbons (Fsp3) is 0.733. The Hall–Kier alpha value is -1.12. The van der Waals surface area contributed by atoms with Crippen LogP contribution in [0.25, 0.3) is 0 Å². The maximum atomic E-state index is 12.0. The predicted octanol–water partition coefficient (Wildman–Crippen LogP) is 2.75. The lowest BCUT2D eigenvalue weighted by Crippen LogP contribution is -2.40. The van der Waals surface area contributed by atoms with E-state index < -0.39 is 0 Å². The van der Waals surface area contributed by atoms with E-state index in [4.69, 9.17) is 4.74 Å². The van der Waals surface area contributed by atoms with Crippen LogP contribution in [0.4, 0.5) is 0 Å². The number of ether oxygens (including phenoxy) is 1. The van der Waals surface area contributed by atoms with E-state index in [2.05, 4.69) is 13.0 Å². The summed E-state index contributed by atoms with van der Waals surface area (Å²) in [7, 11) is 1.44. The number of ketones is 1. The van der Waals surface area contributed by atoms with E-state index in [1.54, 1.807) is 0 Å². The Morgan fingerprint density at radius 1 is 1.39 bits per heavy atom. The summed E-state index contributed by atoms with van der Waals surface area (Å²) in [4.78, 5) is 23.7. The first-order chi connectivity index (χ1) is 8.54. The van der Waals surface area contributed by atoms with E-state index in [0.29, 0.717) is 12.2 Å². The van der Waals surface area contributed by atoms with Gasteiger partial charge in [-0.1, -0.05) is 18.6 Å². The number of methoxy groups -OCH3 is 1. The molecule has 18 heavy (non-hydrogen) atoms. The fourth-order valence-electron chi connectivity index (χ4n) is 3.53. The molecule has 2 rings (SSSR count). The van der Waals surface area contributed by atoms with Crippen molar-refractivity contribution < 1.29 is 14.3 Å². The molecule has 0 aromatic rings. The average Bonchev–Trinajstić information content (AvgIpc) is 2.37. The maximum absolute atomic E-state index is 12.0. The average molecular weight is 250 g/mol. The lowest BCUT2D eigenvalue weighted by molar-refractivity contribution is -0.149. The van der Waals surface area contributed by atoms with Crippen molar-refractivity contribution in [1.29, 1.82) is 0 Å². The van der Waals surface area contributed by atoms with Crippen LogP contribution in [0.1, 0.15) is 39.5 Å². The molecular formula is C15H22O3. The molecule has 0 radical (unpaired) electrons. The van der Waals surface area contributed by atoms with Crippen molar-refractivity contribution >= 4 is 11.8 Å². The SMILES string of the molecule is COC(=O)[C@@H](C)[C@H]1CCC(=O)C2CCC(C)=CC21. The number of hydrogen-bond acceptors (Lipinski definition) is 3. The quantitative estimate of drug-likeness (QED) is 0.559. The Labute approximate surface area is 109 Å². The highest BCUT2D eigenvalue weighted by Crippen LogP contribution is 2.43. The molecule has 100 valence electrons. The minimum atomic E-state index is -0.148. The monoisotopic (exact) mass is 250 g/mol. The molecule has 0 amide bonds. The first kappa shape index (κ1) is 13.3. The second kappa shape index (κ2) is 5.25. The Balaban J connectivity index is 2.22. The molecule has 0 N–H and O–H groups in total. The Bertz CT molecular complexity index is 383. The van der Waals surface area contributed by atoms with E-state index >= 15 is 0 Å². The fourth-order valence-corrected chi connectivity index (χ4v) is 3.53. The van der Waals surface area contributed by atoms with Crippen molar-refractivity contribution in [1.82, 2.24) is 0 Å². The molecule has 0 bridgehead atoms. The summed E-state index contributed by atoms with van der Waals surface area (Å²) in [5.41, 5.74) is 1.35. The highest BCUT2D eigenvalue weighted by molar-refractivity contribution is 5.83. The second-order valence-electron chi connectivity index (χ2n) is 5.72. The summed E-state index contributed by atoms with van der Waals surface area (Å²) in [6.45, 7) is 4.05. The van der Waals surface area contributed by atoms with Gasteiger partial charge < -0.3 is 4.74 Å². The van der Waals surface area contributed by atoms with E-state index in [1.165, 1.54) is 12.7 Å². The van der Waals surface area contributed by atoms with Gasteiger partial charge in [0.05, 0.1) is 13.0 Å². The summed E-state index contributed by atoms with van der Waals surface area (Å²) in [6, 6.07) is 0. The zero-order valence-electron chi connectivity index (χ0n) is 11.4. The van der Waals surface area contributed by atoms with Gasteiger partial charge in [-0.15, -0.1) is 0 Å². The number of fused-ring (bicyclic) bond motifs is 1. The van der Waals surface area contributed by atoms with E-state index in [9.17, 15) is 9.59 Å². The lowest BCUT2D eigenvalue weighted by Gasteiger charge is -2.40. The van der Waals surface area contributed by atoms with Crippen LogP contribution in [0, 0.1) is 23.7 Å². The zero-order valence-corrected chi connectivity index (χ0v) is 11.4. The summed E-state index contributed by atoms with van der Waals surface area (Å²) >= 11 is 0. The summed E-state index contributed by atoms with van der Waals surface area (Å²) in [5.74, 6) is 0.767. The van der Waals surface area contributed by atoms with Crippen LogP contribution >= 0.6 is 0 Å². The van der Waals surface area contributed by atoms with Gasteiger partial charge in [0.2, 0.25) is 0 Å². The normalized spacial score (nSPS) is 33.4. The smallest absolute Gasteiger partial charge is 0.308 e. The molecule has 0 heterocycles. The van der Waals surface area contributed by atoms with Crippen LogP contribution in [0.3, 0.4) is 0 Å². The van der Waals surface area contributed by atoms with Crippen molar-refractivity contribution in [3.8, 4) is 0 Å². The minimum absolute atomic E-state index is 0.113. The van der Waals surface area contributed by atoms with Gasteiger partial charge in [0.15, 0.2) is 0 Å². The molecular weight excluding hydrogens is 228 g/mol. The largest absolute Gasteiger partial charge is 0.469 e. The van der Waals surface area contributed by atoms with Gasteiger partial charge in [-0.05, 0) is 38.0 Å². The third kappa shape index (κ3) is 2.36. The number of carbonyl (C=O) groups excluding carboxylic acids is 2. The minimum Gasteiger partial charge on any atom is -0.469 e. The molecule has 0 saturated heterocycles. The van der Waals surface area contributed by atoms with Crippen LogP contribution < -0.4 is 0 Å². The first-order valence-electron chi connectivity index (χ1n) is 6.82. The Morgan fingerprint density at radius 3 is 2.78 bits per heavy atom. The van der Waals surface area contributed by atoms with Crippen LogP contribution in [0.2, 0.25) is 0 Å². The van der Waals surface area contributed by atoms with Crippen molar-refractivity contribution in [3.63, 3.8) is 0 Å². The number of allylic oxidation sites excluding steroid dienone is 2. The Morgan fingerprint density at radius 2 is 2.11 bits per heavy atom. The molecule has 3 heteroatoms. The number of hydrogen-bond donors (Lipinski definition) is 0. The molecule has 1 saturated carbocycles. The molecule has 2 unspecified atom stereocenters. The van der Waals surface area contributed by atoms with Crippen LogP contribution in [-0.2, 0) is 14.3 Å². The third-order valence-corrected chi connectivity index (χ3v) is 4.64. The number of carbonyl (C=O) groups is 2. The van der Waals surface area contributed by atoms with Gasteiger partial charge in [-0.25, -0.2) is 0 Å². The van der Waals surface area contributed by atoms with Gasteiger partial charge in [0, 0.05) is 12.3 Å². The molecule has 3 nitrogen and oxygen atoms in total. The maximum Gasteiger partial charge on any atom is 0.308 e. The van der Waals surface area contributed by atoms with Gasteiger partial charge >= 0.3 is 5.97 Å². The van der Waals surface area contributed by atoms with E-state index in [0.717, 1.165) is 19.3 Å². The second-order valence-corrected chi connectivity index (χ2v) is 5.72. The standard InChI is InChI=1S/C15H22O3/c1-9-4-5-12-13(8-9)11(6-7-14(12)16)10(2)15(17)18-3/h8,10-13H,4-7H2,1-3H3/t10-,11+,12?,13?/m0/s1. The zero-order chi connectivity index (χ0) is 13.3. The molecule has 0 aromatic carbocycles. The van der Waals surface area contributed by atoms with Gasteiger partial charge in [0.1, 0.15) is 5.78 Å². The molecule has 2 aliphatic rings. The molecule has 4 atom stereocenters. The molecule has 0 aliphatic heterocycles. The van der Waals surface area contributed by atoms with Crippen molar-refractivity contribution in [2.24, 2.45) is 23.7 Å². The van der Waals surface area contributed by atoms with Crippen LogP contribution in [0.15, 0.2) is 11.6 Å². The van der Waals surface area contributed by atoms with Crippen molar-refractivity contribution in [3.05, 3.63) is 11.6 Å². The topological polar surface area (TPSA) is 43.4 Å². The van der Waals surface area contributed by atoms with E-state index in [-0.39, 0.29) is 29.6 Å².